The van der Waals surface area contributed by atoms with E-state index in [4.69, 9.17) is 5.11 Å². The lowest BCUT2D eigenvalue weighted by Gasteiger charge is -2.31. The highest BCUT2D eigenvalue weighted by atomic mass is 32.1. The fourth-order valence-corrected chi connectivity index (χ4v) is 3.49. The van der Waals surface area contributed by atoms with Gasteiger partial charge in [-0.3, -0.25) is 0 Å². The first kappa shape index (κ1) is 13.3. The number of aryl methyl sites for hydroxylation is 1. The Morgan fingerprint density at radius 1 is 1.50 bits per heavy atom. The van der Waals surface area contributed by atoms with Crippen LogP contribution in [0.5, 0.6) is 0 Å². The number of thiazole rings is 1. The van der Waals surface area contributed by atoms with Crippen LogP contribution < -0.4 is 4.90 Å². The van der Waals surface area contributed by atoms with Crippen molar-refractivity contribution in [3.63, 3.8) is 0 Å². The first-order chi connectivity index (χ1) is 8.61. The van der Waals surface area contributed by atoms with Gasteiger partial charge in [0.25, 0.3) is 0 Å². The molecular formula is C13H20N2O2S. The van der Waals surface area contributed by atoms with Crippen molar-refractivity contribution in [3.05, 3.63) is 10.6 Å². The Bertz CT molecular complexity index is 423. The lowest BCUT2D eigenvalue weighted by Crippen LogP contribution is -2.33. The molecule has 0 saturated carbocycles. The third-order valence-corrected chi connectivity index (χ3v) is 4.77. The minimum absolute atomic E-state index is 0.376. The molecule has 1 fully saturated rings. The van der Waals surface area contributed by atoms with Crippen molar-refractivity contribution in [1.29, 1.82) is 0 Å². The third-order valence-electron chi connectivity index (χ3n) is 3.56. The summed E-state index contributed by atoms with van der Waals surface area (Å²) < 4.78 is 0. The number of nitrogens with zero attached hydrogens (tertiary/aromatic N) is 2. The second-order valence-corrected chi connectivity index (χ2v) is 5.91. The SMILES string of the molecule is CCCC1CCN(c2nc(C)c(C(=O)O)s2)CC1. The molecule has 4 nitrogen and oxygen atoms in total. The zero-order valence-corrected chi connectivity index (χ0v) is 11.8. The molecule has 0 atom stereocenters. The van der Waals surface area contributed by atoms with Gasteiger partial charge < -0.3 is 10.0 Å². The summed E-state index contributed by atoms with van der Waals surface area (Å²) in [6.45, 7) is 6.02. The van der Waals surface area contributed by atoms with Crippen LogP contribution in [0.15, 0.2) is 0 Å². The van der Waals surface area contributed by atoms with E-state index in [0.717, 1.165) is 24.1 Å². The van der Waals surface area contributed by atoms with Crippen molar-refractivity contribution in [2.75, 3.05) is 18.0 Å². The summed E-state index contributed by atoms with van der Waals surface area (Å²) in [5.74, 6) is -0.0247. The van der Waals surface area contributed by atoms with Crippen LogP contribution >= 0.6 is 11.3 Å². The van der Waals surface area contributed by atoms with Gasteiger partial charge in [-0.15, -0.1) is 0 Å². The number of piperidine rings is 1. The number of carboxylic acid groups (broad SMARTS) is 1. The molecule has 18 heavy (non-hydrogen) atoms. The fraction of sp³-hybridized carbons (Fsp3) is 0.692. The minimum atomic E-state index is -0.864. The number of carboxylic acids is 1. The van der Waals surface area contributed by atoms with Crippen LogP contribution in [-0.4, -0.2) is 29.1 Å². The number of carbonyl (C=O) groups is 1. The second-order valence-electron chi connectivity index (χ2n) is 4.94. The Morgan fingerprint density at radius 3 is 2.67 bits per heavy atom. The number of rotatable bonds is 4. The topological polar surface area (TPSA) is 53.4 Å². The van der Waals surface area contributed by atoms with Crippen molar-refractivity contribution in [2.45, 2.75) is 39.5 Å². The van der Waals surface area contributed by atoms with Crippen LogP contribution in [-0.2, 0) is 0 Å². The van der Waals surface area contributed by atoms with Crippen LogP contribution in [0.3, 0.4) is 0 Å². The zero-order valence-electron chi connectivity index (χ0n) is 11.0. The van der Waals surface area contributed by atoms with E-state index in [0.29, 0.717) is 10.6 Å². The Labute approximate surface area is 112 Å². The molecule has 1 N–H and O–H groups in total. The van der Waals surface area contributed by atoms with E-state index in [1.54, 1.807) is 6.92 Å². The Kier molecular flexibility index (Phi) is 4.22. The third kappa shape index (κ3) is 2.83. The highest BCUT2D eigenvalue weighted by molar-refractivity contribution is 7.17. The molecule has 2 heterocycles. The second kappa shape index (κ2) is 5.69. The van der Waals surface area contributed by atoms with E-state index in [1.165, 1.54) is 37.0 Å². The number of hydrogen-bond acceptors (Lipinski definition) is 4. The molecule has 0 radical (unpaired) electrons. The van der Waals surface area contributed by atoms with Gasteiger partial charge in [-0.1, -0.05) is 31.1 Å². The summed E-state index contributed by atoms with van der Waals surface area (Å²) in [5, 5.41) is 9.92. The van der Waals surface area contributed by atoms with Crippen molar-refractivity contribution in [3.8, 4) is 0 Å². The molecule has 0 spiro atoms. The Morgan fingerprint density at radius 2 is 2.17 bits per heavy atom. The largest absolute Gasteiger partial charge is 0.477 e. The molecule has 1 aliphatic heterocycles. The average molecular weight is 268 g/mol. The molecule has 0 amide bonds. The van der Waals surface area contributed by atoms with Gasteiger partial charge in [0.15, 0.2) is 5.13 Å². The fourth-order valence-electron chi connectivity index (χ4n) is 2.54. The van der Waals surface area contributed by atoms with Crippen LogP contribution in [0, 0.1) is 12.8 Å². The van der Waals surface area contributed by atoms with Crippen LogP contribution in [0.25, 0.3) is 0 Å². The van der Waals surface area contributed by atoms with Crippen molar-refractivity contribution < 1.29 is 9.90 Å². The Hall–Kier alpha value is -1.10. The van der Waals surface area contributed by atoms with Gasteiger partial charge in [-0.25, -0.2) is 9.78 Å². The van der Waals surface area contributed by atoms with E-state index in [1.807, 2.05) is 0 Å². The molecule has 0 bridgehead atoms. The van der Waals surface area contributed by atoms with E-state index in [9.17, 15) is 4.79 Å². The highest BCUT2D eigenvalue weighted by Crippen LogP contribution is 2.30. The number of anilines is 1. The predicted octanol–water partition coefficient (Wildman–Crippen LogP) is 3.17. The summed E-state index contributed by atoms with van der Waals surface area (Å²) in [7, 11) is 0. The van der Waals surface area contributed by atoms with Gasteiger partial charge in [-0.2, -0.15) is 0 Å². The maximum Gasteiger partial charge on any atom is 0.347 e. The van der Waals surface area contributed by atoms with Crippen LogP contribution in [0.4, 0.5) is 5.13 Å². The van der Waals surface area contributed by atoms with E-state index in [2.05, 4.69) is 16.8 Å². The lowest BCUT2D eigenvalue weighted by molar-refractivity contribution is 0.0701. The maximum atomic E-state index is 11.0. The molecule has 0 unspecified atom stereocenters. The highest BCUT2D eigenvalue weighted by Gasteiger charge is 2.23. The number of aromatic nitrogens is 1. The zero-order chi connectivity index (χ0) is 13.1. The van der Waals surface area contributed by atoms with Crippen molar-refractivity contribution in [1.82, 2.24) is 4.98 Å². The molecule has 0 aromatic carbocycles. The van der Waals surface area contributed by atoms with E-state index < -0.39 is 5.97 Å². The molecule has 1 aromatic rings. The molecule has 5 heteroatoms. The molecule has 1 aromatic heterocycles. The predicted molar refractivity (Wildman–Crippen MR) is 73.7 cm³/mol. The summed E-state index contributed by atoms with van der Waals surface area (Å²) in [6.07, 6.45) is 4.97. The van der Waals surface area contributed by atoms with Gasteiger partial charge in [0, 0.05) is 13.1 Å². The van der Waals surface area contributed by atoms with Gasteiger partial charge in [0.05, 0.1) is 5.69 Å². The standard InChI is InChI=1S/C13H20N2O2S/c1-3-4-10-5-7-15(8-6-10)13-14-9(2)11(18-13)12(16)17/h10H,3-8H2,1-2H3,(H,16,17). The summed E-state index contributed by atoms with van der Waals surface area (Å²) >= 11 is 1.30. The number of hydrogen-bond donors (Lipinski definition) is 1. The molecular weight excluding hydrogens is 248 g/mol. The monoisotopic (exact) mass is 268 g/mol. The molecule has 1 aliphatic rings. The first-order valence-electron chi connectivity index (χ1n) is 6.57. The molecule has 100 valence electrons. The Balaban J connectivity index is 2.01. The minimum Gasteiger partial charge on any atom is -0.477 e. The van der Waals surface area contributed by atoms with Gasteiger partial charge in [0.2, 0.25) is 0 Å². The number of aromatic carboxylic acids is 1. The average Bonchev–Trinajstić information content (AvgIpc) is 2.73. The van der Waals surface area contributed by atoms with Gasteiger partial charge in [-0.05, 0) is 25.7 Å². The lowest BCUT2D eigenvalue weighted by atomic mass is 9.93. The van der Waals surface area contributed by atoms with Crippen LogP contribution in [0.2, 0.25) is 0 Å². The first-order valence-corrected chi connectivity index (χ1v) is 7.39. The van der Waals surface area contributed by atoms with E-state index >= 15 is 0 Å². The normalized spacial score (nSPS) is 17.1. The van der Waals surface area contributed by atoms with Gasteiger partial charge in [0.1, 0.15) is 4.88 Å². The van der Waals surface area contributed by atoms with Crippen LogP contribution in [0.1, 0.15) is 48.0 Å². The quantitative estimate of drug-likeness (QED) is 0.911. The molecule has 1 saturated heterocycles. The molecule has 2 rings (SSSR count). The maximum absolute atomic E-state index is 11.0. The van der Waals surface area contributed by atoms with Crippen molar-refractivity contribution in [2.24, 2.45) is 5.92 Å². The van der Waals surface area contributed by atoms with Gasteiger partial charge >= 0.3 is 5.97 Å². The van der Waals surface area contributed by atoms with E-state index in [-0.39, 0.29) is 0 Å². The summed E-state index contributed by atoms with van der Waals surface area (Å²) in [4.78, 5) is 18.0. The molecule has 0 aliphatic carbocycles. The summed E-state index contributed by atoms with van der Waals surface area (Å²) in [6, 6.07) is 0. The summed E-state index contributed by atoms with van der Waals surface area (Å²) in [5.41, 5.74) is 0.637. The van der Waals surface area contributed by atoms with Crippen molar-refractivity contribution >= 4 is 22.4 Å². The smallest absolute Gasteiger partial charge is 0.347 e.